The van der Waals surface area contributed by atoms with Gasteiger partial charge in [-0.3, -0.25) is 37.3 Å². The highest BCUT2D eigenvalue weighted by Crippen LogP contribution is 2.45. The Morgan fingerprint density at radius 2 is 0.442 bits per heavy atom. The predicted molar refractivity (Wildman–Crippen MR) is 428 cm³/mol. The van der Waals surface area contributed by atoms with Crippen LogP contribution in [0.2, 0.25) is 0 Å². The lowest BCUT2D eigenvalue weighted by molar-refractivity contribution is -0.161. The summed E-state index contributed by atoms with van der Waals surface area (Å²) in [5.74, 6) is -1.33. The van der Waals surface area contributed by atoms with Crippen molar-refractivity contribution < 1.29 is 80.2 Å². The van der Waals surface area contributed by atoms with Gasteiger partial charge >= 0.3 is 39.5 Å². The molecule has 0 saturated carbocycles. The average molecular weight is 1520 g/mol. The quantitative estimate of drug-likeness (QED) is 0.0222. The van der Waals surface area contributed by atoms with Crippen molar-refractivity contribution in [2.24, 2.45) is 5.92 Å². The Morgan fingerprint density at radius 3 is 0.654 bits per heavy atom. The molecule has 17 nitrogen and oxygen atoms in total. The molecular weight excluding hydrogens is 1350 g/mol. The molecule has 0 aromatic carbocycles. The maximum atomic E-state index is 13.1. The molecule has 0 fully saturated rings. The number of hydrogen-bond donors (Lipinski definition) is 3. The Balaban J connectivity index is 5.24. The molecule has 0 saturated heterocycles. The number of aliphatic hydroxyl groups is 1. The first-order chi connectivity index (χ1) is 50.5. The van der Waals surface area contributed by atoms with Crippen LogP contribution in [0.4, 0.5) is 0 Å². The van der Waals surface area contributed by atoms with Gasteiger partial charge in [-0.1, -0.05) is 407 Å². The summed E-state index contributed by atoms with van der Waals surface area (Å²) in [6.45, 7) is 7.36. The number of rotatable bonds is 85. The minimum atomic E-state index is -4.96. The van der Waals surface area contributed by atoms with Crippen LogP contribution in [0.5, 0.6) is 0 Å². The zero-order valence-corrected chi connectivity index (χ0v) is 70.0. The van der Waals surface area contributed by atoms with Gasteiger partial charge in [-0.05, 0) is 31.6 Å². The lowest BCUT2D eigenvalue weighted by Crippen LogP contribution is -2.30. The summed E-state index contributed by atoms with van der Waals surface area (Å²) < 4.78 is 68.9. The van der Waals surface area contributed by atoms with Crippen molar-refractivity contribution in [2.45, 2.75) is 477 Å². The molecule has 0 aromatic heterocycles. The largest absolute Gasteiger partial charge is 0.472 e. The SMILES string of the molecule is CCCCCCCCCCCCCCCCCCCCCCC(=O)O[C@H](COC(=O)CCCCCCCCCCCCCCCCCCCC)COP(=O)(O)OC[C@@H](O)COP(=O)(O)OC[C@@H](COC(=O)CCCCCCCCCCCCCC)OC(=O)CCCCCCCCCCCCCC(C)C. The Labute approximate surface area is 638 Å². The second-order valence-electron chi connectivity index (χ2n) is 31.1. The smallest absolute Gasteiger partial charge is 0.462 e. The van der Waals surface area contributed by atoms with Crippen LogP contribution in [0, 0.1) is 5.92 Å². The highest BCUT2D eigenvalue weighted by atomic mass is 31.2. The van der Waals surface area contributed by atoms with E-state index < -0.39 is 97.5 Å². The second-order valence-corrected chi connectivity index (χ2v) is 34.0. The van der Waals surface area contributed by atoms with Gasteiger partial charge in [-0.15, -0.1) is 0 Å². The first-order valence-corrected chi connectivity index (χ1v) is 47.1. The van der Waals surface area contributed by atoms with Gasteiger partial charge < -0.3 is 33.8 Å². The molecule has 618 valence electrons. The lowest BCUT2D eigenvalue weighted by atomic mass is 10.0. The Bertz CT molecular complexity index is 1980. The minimum absolute atomic E-state index is 0.107. The number of carbonyl (C=O) groups is 4. The summed E-state index contributed by atoms with van der Waals surface area (Å²) in [4.78, 5) is 73.2. The zero-order valence-electron chi connectivity index (χ0n) is 68.2. The van der Waals surface area contributed by atoms with E-state index in [0.717, 1.165) is 95.8 Å². The molecule has 0 radical (unpaired) electrons. The van der Waals surface area contributed by atoms with Crippen molar-refractivity contribution in [3.05, 3.63) is 0 Å². The van der Waals surface area contributed by atoms with Gasteiger partial charge in [0.1, 0.15) is 19.3 Å². The molecule has 3 N–H and O–H groups in total. The second kappa shape index (κ2) is 77.8. The number of carbonyl (C=O) groups excluding carboxylic acids is 4. The highest BCUT2D eigenvalue weighted by Gasteiger charge is 2.30. The Hall–Kier alpha value is -1.94. The van der Waals surface area contributed by atoms with Crippen molar-refractivity contribution in [3.63, 3.8) is 0 Å². The fourth-order valence-electron chi connectivity index (χ4n) is 13.3. The Morgan fingerprint density at radius 1 is 0.260 bits per heavy atom. The highest BCUT2D eigenvalue weighted by molar-refractivity contribution is 7.47. The standard InChI is InChI=1S/C85H166O17P2/c1-6-9-12-15-18-21-24-27-29-31-33-34-36-38-40-45-50-55-60-65-70-84(89)101-80(75-96-83(88)69-64-59-54-49-44-39-37-35-32-30-28-25-22-19-16-13-10-7-2)76-99-103(91,92)97-72-79(86)73-98-104(93,94)100-77-81(74-95-82(87)68-63-58-53-48-43-26-23-20-17-14-11-8-3)102-85(90)71-66-61-56-51-46-41-42-47-52-57-62-67-78(4)5/h78-81,86H,6-77H2,1-5H3,(H,91,92)(H,93,94)/t79-,80-,81-/m1/s1. The normalized spacial score (nSPS) is 13.8. The van der Waals surface area contributed by atoms with E-state index in [2.05, 4.69) is 34.6 Å². The molecule has 19 heteroatoms. The van der Waals surface area contributed by atoms with E-state index >= 15 is 0 Å². The number of aliphatic hydroxyl groups excluding tert-OH is 1. The van der Waals surface area contributed by atoms with E-state index in [9.17, 15) is 43.2 Å². The van der Waals surface area contributed by atoms with E-state index in [1.807, 2.05) is 0 Å². The summed E-state index contributed by atoms with van der Waals surface area (Å²) >= 11 is 0. The molecule has 104 heavy (non-hydrogen) atoms. The predicted octanol–water partition coefficient (Wildman–Crippen LogP) is 26.0. The molecule has 0 amide bonds. The molecule has 0 aromatic rings. The van der Waals surface area contributed by atoms with Crippen LogP contribution in [0.25, 0.3) is 0 Å². The fraction of sp³-hybridized carbons (Fsp3) is 0.953. The summed E-state index contributed by atoms with van der Waals surface area (Å²) in [7, 11) is -9.93. The van der Waals surface area contributed by atoms with E-state index in [-0.39, 0.29) is 25.7 Å². The third kappa shape index (κ3) is 78.2. The van der Waals surface area contributed by atoms with Crippen LogP contribution < -0.4 is 0 Å². The number of phosphoric acid groups is 2. The van der Waals surface area contributed by atoms with Crippen LogP contribution in [-0.2, 0) is 65.4 Å². The Kier molecular flexibility index (Phi) is 76.3. The van der Waals surface area contributed by atoms with Gasteiger partial charge in [0.15, 0.2) is 12.2 Å². The van der Waals surface area contributed by atoms with Gasteiger partial charge in [0.2, 0.25) is 0 Å². The van der Waals surface area contributed by atoms with Crippen molar-refractivity contribution in [1.82, 2.24) is 0 Å². The van der Waals surface area contributed by atoms with Crippen molar-refractivity contribution >= 4 is 39.5 Å². The fourth-order valence-corrected chi connectivity index (χ4v) is 14.9. The van der Waals surface area contributed by atoms with Gasteiger partial charge in [-0.25, -0.2) is 9.13 Å². The summed E-state index contributed by atoms with van der Waals surface area (Å²) in [6, 6.07) is 0. The maximum Gasteiger partial charge on any atom is 0.472 e. The van der Waals surface area contributed by atoms with E-state index in [4.69, 9.17) is 37.0 Å². The van der Waals surface area contributed by atoms with E-state index in [1.165, 1.54) is 283 Å². The van der Waals surface area contributed by atoms with E-state index in [1.54, 1.807) is 0 Å². The molecule has 0 heterocycles. The third-order valence-corrected chi connectivity index (χ3v) is 21.9. The lowest BCUT2D eigenvalue weighted by Gasteiger charge is -2.21. The van der Waals surface area contributed by atoms with Gasteiger partial charge in [0.25, 0.3) is 0 Å². The number of esters is 4. The van der Waals surface area contributed by atoms with Crippen LogP contribution in [0.1, 0.15) is 458 Å². The van der Waals surface area contributed by atoms with Crippen LogP contribution >= 0.6 is 15.6 Å². The number of phosphoric ester groups is 2. The number of hydrogen-bond acceptors (Lipinski definition) is 15. The third-order valence-electron chi connectivity index (χ3n) is 20.0. The topological polar surface area (TPSA) is 237 Å². The maximum absolute atomic E-state index is 13.1. The van der Waals surface area contributed by atoms with Crippen molar-refractivity contribution in [2.75, 3.05) is 39.6 Å². The average Bonchev–Trinajstić information content (AvgIpc) is 0.903. The molecule has 0 aliphatic rings. The molecule has 0 spiro atoms. The molecule has 0 aliphatic heterocycles. The molecule has 0 bridgehead atoms. The summed E-state index contributed by atoms with van der Waals surface area (Å²) in [6.07, 6.45) is 70.8. The minimum Gasteiger partial charge on any atom is -0.462 e. The van der Waals surface area contributed by atoms with Crippen LogP contribution in [-0.4, -0.2) is 96.7 Å². The van der Waals surface area contributed by atoms with Gasteiger partial charge in [-0.2, -0.15) is 0 Å². The van der Waals surface area contributed by atoms with Crippen LogP contribution in [0.15, 0.2) is 0 Å². The summed E-state index contributed by atoms with van der Waals surface area (Å²) in [5, 5.41) is 10.7. The van der Waals surface area contributed by atoms with Crippen molar-refractivity contribution in [1.29, 1.82) is 0 Å². The van der Waals surface area contributed by atoms with Gasteiger partial charge in [0.05, 0.1) is 26.4 Å². The van der Waals surface area contributed by atoms with E-state index in [0.29, 0.717) is 25.7 Å². The summed E-state index contributed by atoms with van der Waals surface area (Å²) in [5.41, 5.74) is 0. The van der Waals surface area contributed by atoms with Gasteiger partial charge in [0, 0.05) is 25.7 Å². The zero-order chi connectivity index (χ0) is 76.2. The first kappa shape index (κ1) is 102. The molecule has 2 unspecified atom stereocenters. The number of unbranched alkanes of at least 4 members (excludes halogenated alkanes) is 57. The molecular formula is C85H166O17P2. The number of ether oxygens (including phenoxy) is 4. The molecule has 5 atom stereocenters. The van der Waals surface area contributed by atoms with Crippen molar-refractivity contribution in [3.8, 4) is 0 Å². The molecule has 0 aliphatic carbocycles. The monoisotopic (exact) mass is 1520 g/mol. The molecule has 0 rings (SSSR count). The first-order valence-electron chi connectivity index (χ1n) is 44.1. The van der Waals surface area contributed by atoms with Crippen LogP contribution in [0.3, 0.4) is 0 Å².